The number of anilines is 1. The minimum absolute atomic E-state index is 0.300. The Morgan fingerprint density at radius 1 is 1.23 bits per heavy atom. The van der Waals surface area contributed by atoms with Crippen molar-refractivity contribution in [2.24, 2.45) is 0 Å². The van der Waals surface area contributed by atoms with Gasteiger partial charge >= 0.3 is 6.01 Å². The standard InChI is InChI=1S/C8H7N3OS/c9-7-10-8(11-13-7)12-6-4-2-1-3-5-6/h1-5H,(H2,9,10,11). The number of para-hydroxylation sites is 1. The van der Waals surface area contributed by atoms with Crippen molar-refractivity contribution in [1.29, 1.82) is 0 Å². The molecule has 1 aromatic heterocycles. The fraction of sp³-hybridized carbons (Fsp3) is 0. The van der Waals surface area contributed by atoms with Crippen LogP contribution in [0.1, 0.15) is 0 Å². The van der Waals surface area contributed by atoms with E-state index in [9.17, 15) is 0 Å². The number of aromatic nitrogens is 2. The minimum atomic E-state index is 0.300. The van der Waals surface area contributed by atoms with Crippen LogP contribution < -0.4 is 10.5 Å². The maximum Gasteiger partial charge on any atom is 0.335 e. The number of rotatable bonds is 2. The molecular formula is C8H7N3OS. The largest absolute Gasteiger partial charge is 0.424 e. The van der Waals surface area contributed by atoms with Crippen LogP contribution in [0, 0.1) is 0 Å². The number of hydrogen-bond donors (Lipinski definition) is 1. The van der Waals surface area contributed by atoms with Crippen molar-refractivity contribution in [3.8, 4) is 11.8 Å². The van der Waals surface area contributed by atoms with E-state index < -0.39 is 0 Å². The lowest BCUT2D eigenvalue weighted by Crippen LogP contribution is -1.86. The van der Waals surface area contributed by atoms with E-state index >= 15 is 0 Å². The fourth-order valence-corrected chi connectivity index (χ4v) is 1.22. The number of nitrogens with zero attached hydrogens (tertiary/aromatic N) is 2. The molecule has 0 aliphatic heterocycles. The third-order valence-electron chi connectivity index (χ3n) is 1.38. The SMILES string of the molecule is Nc1nc(Oc2ccccc2)ns1. The summed E-state index contributed by atoms with van der Waals surface area (Å²) in [6.45, 7) is 0. The molecule has 2 rings (SSSR count). The van der Waals surface area contributed by atoms with Crippen molar-refractivity contribution in [3.05, 3.63) is 30.3 Å². The van der Waals surface area contributed by atoms with Crippen molar-refractivity contribution < 1.29 is 4.74 Å². The first-order valence-electron chi connectivity index (χ1n) is 3.67. The Morgan fingerprint density at radius 2 is 2.00 bits per heavy atom. The molecule has 2 aromatic rings. The van der Waals surface area contributed by atoms with Gasteiger partial charge in [-0.1, -0.05) is 18.2 Å². The molecule has 1 heterocycles. The second-order valence-corrected chi connectivity index (χ2v) is 3.11. The van der Waals surface area contributed by atoms with Crippen LogP contribution in [-0.4, -0.2) is 9.36 Å². The van der Waals surface area contributed by atoms with Crippen molar-refractivity contribution in [3.63, 3.8) is 0 Å². The van der Waals surface area contributed by atoms with Crippen LogP contribution in [-0.2, 0) is 0 Å². The predicted octanol–water partition coefficient (Wildman–Crippen LogP) is 1.91. The molecule has 0 spiro atoms. The van der Waals surface area contributed by atoms with Gasteiger partial charge in [-0.3, -0.25) is 0 Å². The van der Waals surface area contributed by atoms with E-state index in [1.165, 1.54) is 0 Å². The smallest absolute Gasteiger partial charge is 0.335 e. The van der Waals surface area contributed by atoms with Gasteiger partial charge < -0.3 is 10.5 Å². The average molecular weight is 193 g/mol. The summed E-state index contributed by atoms with van der Waals surface area (Å²) in [6.07, 6.45) is 0. The second kappa shape index (κ2) is 3.40. The third-order valence-corrected chi connectivity index (χ3v) is 1.90. The lowest BCUT2D eigenvalue weighted by molar-refractivity contribution is 0.450. The number of ether oxygens (including phenoxy) is 1. The lowest BCUT2D eigenvalue weighted by atomic mass is 10.3. The summed E-state index contributed by atoms with van der Waals surface area (Å²) in [5, 5.41) is 0.408. The molecule has 0 saturated heterocycles. The van der Waals surface area contributed by atoms with Crippen molar-refractivity contribution >= 4 is 16.7 Å². The minimum Gasteiger partial charge on any atom is -0.424 e. The van der Waals surface area contributed by atoms with E-state index in [1.807, 2.05) is 30.3 Å². The van der Waals surface area contributed by atoms with E-state index in [-0.39, 0.29) is 0 Å². The Bertz CT molecular complexity index is 387. The Balaban J connectivity index is 2.15. The molecular weight excluding hydrogens is 186 g/mol. The molecule has 0 aliphatic rings. The molecule has 4 nitrogen and oxygen atoms in total. The topological polar surface area (TPSA) is 61.0 Å². The molecule has 0 saturated carbocycles. The van der Waals surface area contributed by atoms with E-state index in [2.05, 4.69) is 9.36 Å². The molecule has 0 amide bonds. The van der Waals surface area contributed by atoms with Crippen LogP contribution in [0.5, 0.6) is 11.8 Å². The first-order valence-corrected chi connectivity index (χ1v) is 4.44. The highest BCUT2D eigenvalue weighted by Gasteiger charge is 2.01. The van der Waals surface area contributed by atoms with Crippen LogP contribution in [0.3, 0.4) is 0 Å². The van der Waals surface area contributed by atoms with Crippen molar-refractivity contribution in [2.45, 2.75) is 0 Å². The summed E-state index contributed by atoms with van der Waals surface area (Å²) in [5.41, 5.74) is 5.40. The van der Waals surface area contributed by atoms with E-state index in [4.69, 9.17) is 10.5 Å². The Morgan fingerprint density at radius 3 is 2.62 bits per heavy atom. The first kappa shape index (κ1) is 8.00. The molecule has 66 valence electrons. The van der Waals surface area contributed by atoms with Crippen molar-refractivity contribution in [1.82, 2.24) is 9.36 Å². The third kappa shape index (κ3) is 1.94. The zero-order chi connectivity index (χ0) is 9.10. The lowest BCUT2D eigenvalue weighted by Gasteiger charge is -1.97. The van der Waals surface area contributed by atoms with Gasteiger partial charge in [0.25, 0.3) is 0 Å². The highest BCUT2D eigenvalue weighted by Crippen LogP contribution is 2.19. The molecule has 2 N–H and O–H groups in total. The Kier molecular flexibility index (Phi) is 2.09. The molecule has 5 heteroatoms. The van der Waals surface area contributed by atoms with E-state index in [0.717, 1.165) is 11.5 Å². The number of benzene rings is 1. The molecule has 0 bridgehead atoms. The fourth-order valence-electron chi connectivity index (χ4n) is 0.856. The molecule has 0 atom stereocenters. The number of nitrogens with two attached hydrogens (primary N) is 1. The number of hydrogen-bond acceptors (Lipinski definition) is 5. The van der Waals surface area contributed by atoms with Gasteiger partial charge in [-0.05, 0) is 12.1 Å². The van der Waals surface area contributed by atoms with Gasteiger partial charge in [0.05, 0.1) is 0 Å². The Hall–Kier alpha value is -1.62. The van der Waals surface area contributed by atoms with Crippen LogP contribution >= 0.6 is 11.5 Å². The molecule has 1 aromatic carbocycles. The summed E-state index contributed by atoms with van der Waals surface area (Å²) in [7, 11) is 0. The maximum atomic E-state index is 5.40. The average Bonchev–Trinajstić information content (AvgIpc) is 2.53. The Labute approximate surface area is 79.2 Å². The predicted molar refractivity (Wildman–Crippen MR) is 50.8 cm³/mol. The highest BCUT2D eigenvalue weighted by atomic mass is 32.1. The van der Waals surface area contributed by atoms with Crippen molar-refractivity contribution in [2.75, 3.05) is 5.73 Å². The van der Waals surface area contributed by atoms with Gasteiger partial charge in [-0.25, -0.2) is 0 Å². The summed E-state index contributed by atoms with van der Waals surface area (Å²) in [6, 6.07) is 9.63. The first-order chi connectivity index (χ1) is 6.34. The summed E-state index contributed by atoms with van der Waals surface area (Å²) >= 11 is 1.12. The van der Waals surface area contributed by atoms with E-state index in [1.54, 1.807) is 0 Å². The highest BCUT2D eigenvalue weighted by molar-refractivity contribution is 7.09. The zero-order valence-corrected chi connectivity index (χ0v) is 7.49. The van der Waals surface area contributed by atoms with Gasteiger partial charge in [0.15, 0.2) is 0 Å². The number of nitrogen functional groups attached to an aromatic ring is 1. The summed E-state index contributed by atoms with van der Waals surface area (Å²) in [4.78, 5) is 3.87. The van der Waals surface area contributed by atoms with Gasteiger partial charge in [0.2, 0.25) is 5.13 Å². The summed E-state index contributed by atoms with van der Waals surface area (Å²) in [5.74, 6) is 0.709. The normalized spacial score (nSPS) is 9.85. The second-order valence-electron chi connectivity index (χ2n) is 2.33. The molecule has 0 unspecified atom stereocenters. The van der Waals surface area contributed by atoms with Gasteiger partial charge in [-0.15, -0.1) is 4.37 Å². The molecule has 0 aliphatic carbocycles. The van der Waals surface area contributed by atoms with E-state index in [0.29, 0.717) is 16.9 Å². The zero-order valence-electron chi connectivity index (χ0n) is 6.68. The molecule has 13 heavy (non-hydrogen) atoms. The van der Waals surface area contributed by atoms with Gasteiger partial charge in [0, 0.05) is 11.5 Å². The van der Waals surface area contributed by atoms with Gasteiger partial charge in [0.1, 0.15) is 5.75 Å². The van der Waals surface area contributed by atoms with Crippen LogP contribution in [0.4, 0.5) is 5.13 Å². The van der Waals surface area contributed by atoms with Crippen LogP contribution in [0.15, 0.2) is 30.3 Å². The molecule has 0 radical (unpaired) electrons. The van der Waals surface area contributed by atoms with Crippen LogP contribution in [0.2, 0.25) is 0 Å². The quantitative estimate of drug-likeness (QED) is 0.791. The van der Waals surface area contributed by atoms with Crippen LogP contribution in [0.25, 0.3) is 0 Å². The maximum absolute atomic E-state index is 5.40. The molecule has 0 fully saturated rings. The summed E-state index contributed by atoms with van der Waals surface area (Å²) < 4.78 is 9.20. The monoisotopic (exact) mass is 193 g/mol. The van der Waals surface area contributed by atoms with Gasteiger partial charge in [-0.2, -0.15) is 4.98 Å².